The van der Waals surface area contributed by atoms with Crippen LogP contribution in [0.4, 0.5) is 5.69 Å². The molecular formula is C12H12Br2N4O7. The first-order valence-electron chi connectivity index (χ1n) is 6.95. The van der Waals surface area contributed by atoms with Crippen molar-refractivity contribution in [2.24, 2.45) is 0 Å². The Hall–Kier alpha value is -1.48. The fraction of sp³-hybridized carbons (Fsp3) is 0.333. The van der Waals surface area contributed by atoms with E-state index < -0.39 is 41.2 Å². The van der Waals surface area contributed by atoms with E-state index in [2.05, 4.69) is 19.1 Å². The van der Waals surface area contributed by atoms with Gasteiger partial charge < -0.3 is 27.0 Å². The van der Waals surface area contributed by atoms with Crippen molar-refractivity contribution in [3.05, 3.63) is 22.5 Å². The number of H-pyrrole nitrogens is 1. The molecule has 136 valence electrons. The van der Waals surface area contributed by atoms with Crippen LogP contribution in [0.25, 0.3) is 10.9 Å². The average molecular weight is 484 g/mol. The second-order valence-corrected chi connectivity index (χ2v) is 7.21. The van der Waals surface area contributed by atoms with Gasteiger partial charge in [0.15, 0.2) is 0 Å². The Kier molecular flexibility index (Phi) is 5.73. The molecule has 0 spiro atoms. The highest BCUT2D eigenvalue weighted by atomic mass is 80.0. The first kappa shape index (κ1) is 18.3. The van der Waals surface area contributed by atoms with Crippen LogP contribution in [0.5, 0.6) is 11.8 Å². The average Bonchev–Trinajstić information content (AvgIpc) is 2.53. The van der Waals surface area contributed by atoms with E-state index in [0.29, 0.717) is 18.8 Å². The predicted molar refractivity (Wildman–Crippen MR) is 68.7 cm³/mol. The van der Waals surface area contributed by atoms with Crippen molar-refractivity contribution in [3.8, 4) is 11.8 Å². The van der Waals surface area contributed by atoms with Crippen LogP contribution in [0.3, 0.4) is 0 Å². The van der Waals surface area contributed by atoms with Gasteiger partial charge in [0.2, 0.25) is 5.75 Å². The van der Waals surface area contributed by atoms with Crippen molar-refractivity contribution in [1.82, 2.24) is 15.3 Å². The monoisotopic (exact) mass is 482 g/mol. The van der Waals surface area contributed by atoms with Crippen molar-refractivity contribution < 1.29 is 54.1 Å². The van der Waals surface area contributed by atoms with E-state index in [1.807, 2.05) is 4.90 Å². The fourth-order valence-corrected chi connectivity index (χ4v) is 3.47. The van der Waals surface area contributed by atoms with Gasteiger partial charge in [-0.3, -0.25) is 9.78 Å². The van der Waals surface area contributed by atoms with E-state index in [4.69, 9.17) is 3.83 Å². The smallest absolute Gasteiger partial charge is 0.369 e. The van der Waals surface area contributed by atoms with Gasteiger partial charge in [-0.1, -0.05) is 3.83 Å². The number of hydrogen-bond donors (Lipinski definition) is 2. The number of nitrogens with one attached hydrogen (secondary N) is 2. The quantitative estimate of drug-likeness (QED) is 0.420. The highest BCUT2D eigenvalue weighted by Crippen LogP contribution is 2.30. The molecule has 0 bridgehead atoms. The highest BCUT2D eigenvalue weighted by molar-refractivity contribution is 5.88. The molecule has 0 aliphatic carbocycles. The lowest BCUT2D eigenvalue weighted by molar-refractivity contribution is -1.62. The van der Waals surface area contributed by atoms with Gasteiger partial charge in [-0.25, -0.2) is 0 Å². The Bertz CT molecular complexity index is 810. The maximum absolute atomic E-state index is 12.2. The van der Waals surface area contributed by atoms with Crippen LogP contribution in [0.1, 0.15) is 0 Å². The third kappa shape index (κ3) is 4.38. The number of nitrogens with zero attached hydrogens (tertiary/aromatic N) is 2. The van der Waals surface area contributed by atoms with E-state index in [1.54, 1.807) is 6.07 Å². The van der Waals surface area contributed by atoms with Crippen LogP contribution < -0.4 is 40.2 Å². The van der Waals surface area contributed by atoms with Crippen LogP contribution >= 0.6 is 0 Å². The lowest BCUT2D eigenvalue weighted by Gasteiger charge is -2.29. The fourth-order valence-electron chi connectivity index (χ4n) is 2.53. The highest BCUT2D eigenvalue weighted by Gasteiger charge is 2.25. The maximum atomic E-state index is 12.2. The molecule has 0 atom stereocenters. The normalized spacial score (nSPS) is 15.2. The Morgan fingerprint density at radius 2 is 1.76 bits per heavy atom. The Labute approximate surface area is 151 Å². The molecule has 1 aliphatic rings. The first-order valence-corrected chi connectivity index (χ1v) is 10.8. The third-order valence-electron chi connectivity index (χ3n) is 3.50. The number of hydrogen-bond acceptors (Lipinski definition) is 10. The van der Waals surface area contributed by atoms with Crippen LogP contribution in [-0.4, -0.2) is 36.1 Å². The summed E-state index contributed by atoms with van der Waals surface area (Å²) in [7, 11) is 0. The molecule has 2 aromatic rings. The minimum atomic E-state index is -3.63. The van der Waals surface area contributed by atoms with Crippen LogP contribution in [0.15, 0.2) is 16.9 Å². The second-order valence-electron chi connectivity index (χ2n) is 4.98. The summed E-state index contributed by atoms with van der Waals surface area (Å²) in [5.74, 6) is -0.165. The summed E-state index contributed by atoms with van der Waals surface area (Å²) < 4.78 is 52.7. The summed E-state index contributed by atoms with van der Waals surface area (Å²) in [5.41, 5.74) is -0.0991. The van der Waals surface area contributed by atoms with Gasteiger partial charge in [-0.2, -0.15) is 4.98 Å². The molecule has 13 heteroatoms. The zero-order valence-electron chi connectivity index (χ0n) is 12.5. The first-order chi connectivity index (χ1) is 11.9. The molecule has 1 aliphatic heterocycles. The molecule has 0 amide bonds. The lowest BCUT2D eigenvalue weighted by Crippen LogP contribution is -2.43. The zero-order valence-corrected chi connectivity index (χ0v) is 15.7. The topological polar surface area (TPSA) is 172 Å². The van der Waals surface area contributed by atoms with Gasteiger partial charge in [0.05, 0.1) is 5.52 Å². The summed E-state index contributed by atoms with van der Waals surface area (Å²) >= 11 is -7.26. The molecule has 0 saturated carbocycles. The van der Waals surface area contributed by atoms with Gasteiger partial charge in [0.1, 0.15) is 5.39 Å². The Morgan fingerprint density at radius 1 is 1.08 bits per heavy atom. The molecular weight excluding hydrogens is 472 g/mol. The largest absolute Gasteiger partial charge is 0.506 e. The molecule has 3 rings (SSSR count). The number of rotatable bonds is 5. The van der Waals surface area contributed by atoms with Gasteiger partial charge in [0, 0.05) is 37.9 Å². The van der Waals surface area contributed by atoms with Crippen molar-refractivity contribution >= 4 is 16.6 Å². The third-order valence-corrected chi connectivity index (χ3v) is 4.68. The van der Waals surface area contributed by atoms with E-state index in [0.717, 1.165) is 13.1 Å². The SMILES string of the molecule is O=c1[nH]c(O[Br+2]([O-])[O-])nc2cc(N3CCNCC3)cc(O[Br+2]([O-])[O-])c12. The van der Waals surface area contributed by atoms with Crippen LogP contribution in [0, 0.1) is 29.6 Å². The van der Waals surface area contributed by atoms with Gasteiger partial charge in [0.25, 0.3) is 5.56 Å². The van der Waals surface area contributed by atoms with E-state index >= 15 is 0 Å². The number of aromatic amines is 1. The zero-order chi connectivity index (χ0) is 18.0. The summed E-state index contributed by atoms with van der Waals surface area (Å²) in [6.45, 7) is 2.81. The molecule has 1 saturated heterocycles. The van der Waals surface area contributed by atoms with Crippen molar-refractivity contribution in [1.29, 1.82) is 0 Å². The number of piperazine rings is 1. The summed E-state index contributed by atoms with van der Waals surface area (Å²) in [6.07, 6.45) is 0. The predicted octanol–water partition coefficient (Wildman–Crippen LogP) is -4.74. The van der Waals surface area contributed by atoms with Crippen molar-refractivity contribution in [2.75, 3.05) is 31.1 Å². The van der Waals surface area contributed by atoms with Crippen molar-refractivity contribution in [3.63, 3.8) is 0 Å². The van der Waals surface area contributed by atoms with E-state index in [9.17, 15) is 21.6 Å². The standard InChI is InChI=1S/C12H12Br2N4O7/c19-11-10-8(16-12(17-11)25-14(22)23)5-7(6-9(10)24-13(20)21)18-3-1-15-2-4-18/h5-6,15H,1-4H2,(H,16,17,19). The molecule has 1 aromatic heterocycles. The Balaban J connectivity index is 2.13. The lowest BCUT2D eigenvalue weighted by atomic mass is 10.1. The number of fused-ring (bicyclic) bond motifs is 1. The molecule has 2 N–H and O–H groups in total. The Morgan fingerprint density at radius 3 is 2.40 bits per heavy atom. The maximum Gasteiger partial charge on any atom is 0.506 e. The molecule has 2 heterocycles. The van der Waals surface area contributed by atoms with E-state index in [1.165, 1.54) is 6.07 Å². The molecule has 25 heavy (non-hydrogen) atoms. The summed E-state index contributed by atoms with van der Waals surface area (Å²) in [6, 6.07) is 2.51. The minimum Gasteiger partial charge on any atom is -0.369 e. The van der Waals surface area contributed by atoms with Gasteiger partial charge in [-0.15, -0.1) is 3.83 Å². The minimum absolute atomic E-state index is 0.0667. The van der Waals surface area contributed by atoms with E-state index in [-0.39, 0.29) is 16.7 Å². The van der Waals surface area contributed by atoms with Crippen LogP contribution in [-0.2, 0) is 0 Å². The summed E-state index contributed by atoms with van der Waals surface area (Å²) in [5, 5.41) is 3.08. The summed E-state index contributed by atoms with van der Waals surface area (Å²) in [4.78, 5) is 20.2. The molecule has 11 nitrogen and oxygen atoms in total. The van der Waals surface area contributed by atoms with Crippen LogP contribution in [0.2, 0.25) is 0 Å². The number of halogens is 2. The molecule has 1 aromatic carbocycles. The molecule has 1 fully saturated rings. The number of aromatic nitrogens is 2. The van der Waals surface area contributed by atoms with Crippen molar-refractivity contribution in [2.45, 2.75) is 0 Å². The molecule has 0 radical (unpaired) electrons. The number of benzene rings is 1. The second kappa shape index (κ2) is 7.82. The number of anilines is 1. The van der Waals surface area contributed by atoms with Gasteiger partial charge in [-0.05, 0) is 6.07 Å². The molecule has 0 unspecified atom stereocenters. The van der Waals surface area contributed by atoms with Gasteiger partial charge >= 0.3 is 35.6 Å².